The van der Waals surface area contributed by atoms with Crippen molar-refractivity contribution in [3.63, 3.8) is 0 Å². The first-order valence-corrected chi connectivity index (χ1v) is 7.09. The summed E-state index contributed by atoms with van der Waals surface area (Å²) in [6.45, 7) is 1.97. The smallest absolute Gasteiger partial charge is 0.261 e. The first-order valence-electron chi connectivity index (χ1n) is 5.39. The standard InChI is InChI=1S/C12H12N2OS2/c1-2-8(3-5-13)14-12(15)11-7-10-9(17-11)4-6-16-10/h4,6-8H,2-3H2,1H3,(H,14,15). The van der Waals surface area contributed by atoms with Crippen LogP contribution in [-0.2, 0) is 0 Å². The maximum atomic E-state index is 12.0. The van der Waals surface area contributed by atoms with Crippen molar-refractivity contribution in [3.8, 4) is 6.07 Å². The molecule has 17 heavy (non-hydrogen) atoms. The van der Waals surface area contributed by atoms with E-state index in [1.54, 1.807) is 11.3 Å². The molecular formula is C12H12N2OS2. The minimum Gasteiger partial charge on any atom is -0.348 e. The van der Waals surface area contributed by atoms with Crippen LogP contribution in [0.15, 0.2) is 17.5 Å². The summed E-state index contributed by atoms with van der Waals surface area (Å²) < 4.78 is 2.29. The fourth-order valence-electron chi connectivity index (χ4n) is 1.54. The number of nitriles is 1. The maximum absolute atomic E-state index is 12.0. The molecule has 0 aliphatic heterocycles. The van der Waals surface area contributed by atoms with Gasteiger partial charge in [-0.05, 0) is 23.9 Å². The fraction of sp³-hybridized carbons (Fsp3) is 0.333. The molecule has 1 unspecified atom stereocenters. The van der Waals surface area contributed by atoms with Crippen LogP contribution >= 0.6 is 22.7 Å². The molecule has 0 saturated heterocycles. The molecule has 88 valence electrons. The van der Waals surface area contributed by atoms with Gasteiger partial charge in [-0.1, -0.05) is 6.92 Å². The highest BCUT2D eigenvalue weighted by Crippen LogP contribution is 2.29. The Balaban J connectivity index is 2.10. The van der Waals surface area contributed by atoms with Gasteiger partial charge in [-0.25, -0.2) is 0 Å². The van der Waals surface area contributed by atoms with Crippen molar-refractivity contribution >= 4 is 38.0 Å². The zero-order valence-corrected chi connectivity index (χ0v) is 11.0. The molecule has 0 saturated carbocycles. The summed E-state index contributed by atoms with van der Waals surface area (Å²) in [5, 5.41) is 13.5. The molecule has 2 aromatic heterocycles. The summed E-state index contributed by atoms with van der Waals surface area (Å²) in [5.41, 5.74) is 0. The van der Waals surface area contributed by atoms with E-state index in [0.29, 0.717) is 6.42 Å². The maximum Gasteiger partial charge on any atom is 0.261 e. The van der Waals surface area contributed by atoms with Gasteiger partial charge in [0.25, 0.3) is 5.91 Å². The molecule has 2 aromatic rings. The number of rotatable bonds is 4. The summed E-state index contributed by atoms with van der Waals surface area (Å²) in [7, 11) is 0. The van der Waals surface area contributed by atoms with Crippen LogP contribution in [0.3, 0.4) is 0 Å². The Kier molecular flexibility index (Phi) is 3.77. The van der Waals surface area contributed by atoms with E-state index >= 15 is 0 Å². The first-order chi connectivity index (χ1) is 8.24. The third-order valence-corrected chi connectivity index (χ3v) is 4.62. The highest BCUT2D eigenvalue weighted by molar-refractivity contribution is 7.27. The Morgan fingerprint density at radius 2 is 2.41 bits per heavy atom. The molecule has 0 radical (unpaired) electrons. The molecule has 0 aliphatic rings. The average molecular weight is 264 g/mol. The SMILES string of the molecule is CCC(CC#N)NC(=O)c1cc2sccc2s1. The van der Waals surface area contributed by atoms with E-state index < -0.39 is 0 Å². The number of nitrogens with one attached hydrogen (secondary N) is 1. The van der Waals surface area contributed by atoms with Gasteiger partial charge in [-0.2, -0.15) is 5.26 Å². The molecule has 1 atom stereocenters. The third-order valence-electron chi connectivity index (χ3n) is 2.53. The van der Waals surface area contributed by atoms with Gasteiger partial charge in [-0.15, -0.1) is 22.7 Å². The number of amides is 1. The normalized spacial score (nSPS) is 12.2. The Morgan fingerprint density at radius 3 is 3.06 bits per heavy atom. The monoisotopic (exact) mass is 264 g/mol. The minimum absolute atomic E-state index is 0.0485. The van der Waals surface area contributed by atoms with Crippen molar-refractivity contribution in [3.05, 3.63) is 22.4 Å². The topological polar surface area (TPSA) is 52.9 Å². The number of fused-ring (bicyclic) bond motifs is 1. The van der Waals surface area contributed by atoms with Crippen LogP contribution in [0.5, 0.6) is 0 Å². The van der Waals surface area contributed by atoms with Gasteiger partial charge in [0.05, 0.1) is 17.4 Å². The minimum atomic E-state index is -0.0690. The molecule has 1 N–H and O–H groups in total. The number of thiophene rings is 2. The van der Waals surface area contributed by atoms with Crippen molar-refractivity contribution in [2.24, 2.45) is 0 Å². The second-order valence-electron chi connectivity index (χ2n) is 3.70. The van der Waals surface area contributed by atoms with Crippen LogP contribution in [0, 0.1) is 11.3 Å². The lowest BCUT2D eigenvalue weighted by Crippen LogP contribution is -2.33. The molecule has 2 heterocycles. The van der Waals surface area contributed by atoms with Crippen molar-refractivity contribution in [1.29, 1.82) is 5.26 Å². The highest BCUT2D eigenvalue weighted by Gasteiger charge is 2.14. The van der Waals surface area contributed by atoms with E-state index in [9.17, 15) is 4.79 Å². The zero-order valence-electron chi connectivity index (χ0n) is 9.40. The molecule has 0 spiro atoms. The second kappa shape index (κ2) is 5.30. The van der Waals surface area contributed by atoms with E-state index in [1.807, 2.05) is 24.4 Å². The van der Waals surface area contributed by atoms with Crippen LogP contribution < -0.4 is 5.32 Å². The molecule has 0 bridgehead atoms. The van der Waals surface area contributed by atoms with Crippen molar-refractivity contribution in [2.75, 3.05) is 0 Å². The zero-order chi connectivity index (χ0) is 12.3. The first kappa shape index (κ1) is 12.1. The van der Waals surface area contributed by atoms with Gasteiger partial charge < -0.3 is 5.32 Å². The van der Waals surface area contributed by atoms with Gasteiger partial charge in [0.2, 0.25) is 0 Å². The van der Waals surface area contributed by atoms with Crippen LogP contribution in [0.1, 0.15) is 29.4 Å². The Morgan fingerprint density at radius 1 is 1.59 bits per heavy atom. The molecule has 5 heteroatoms. The fourth-order valence-corrected chi connectivity index (χ4v) is 3.55. The quantitative estimate of drug-likeness (QED) is 0.920. The third kappa shape index (κ3) is 2.65. The lowest BCUT2D eigenvalue weighted by Gasteiger charge is -2.12. The van der Waals surface area contributed by atoms with Gasteiger partial charge >= 0.3 is 0 Å². The summed E-state index contributed by atoms with van der Waals surface area (Å²) in [5.74, 6) is -0.0690. The number of hydrogen-bond donors (Lipinski definition) is 1. The number of nitrogens with zero attached hydrogens (tertiary/aromatic N) is 1. The van der Waals surface area contributed by atoms with E-state index in [4.69, 9.17) is 5.26 Å². The average Bonchev–Trinajstić information content (AvgIpc) is 2.88. The van der Waals surface area contributed by atoms with E-state index in [2.05, 4.69) is 11.4 Å². The van der Waals surface area contributed by atoms with Gasteiger partial charge in [0, 0.05) is 15.4 Å². The molecule has 0 aliphatic carbocycles. The molecular weight excluding hydrogens is 252 g/mol. The lowest BCUT2D eigenvalue weighted by molar-refractivity contribution is 0.0941. The van der Waals surface area contributed by atoms with Crippen LogP contribution in [0.25, 0.3) is 9.40 Å². The van der Waals surface area contributed by atoms with Crippen molar-refractivity contribution in [1.82, 2.24) is 5.32 Å². The number of hydrogen-bond acceptors (Lipinski definition) is 4. The van der Waals surface area contributed by atoms with Crippen LogP contribution in [0.4, 0.5) is 0 Å². The molecule has 0 aromatic carbocycles. The highest BCUT2D eigenvalue weighted by atomic mass is 32.1. The van der Waals surface area contributed by atoms with Gasteiger partial charge in [0.1, 0.15) is 0 Å². The van der Waals surface area contributed by atoms with E-state index in [1.165, 1.54) is 11.3 Å². The van der Waals surface area contributed by atoms with E-state index in [0.717, 1.165) is 20.7 Å². The van der Waals surface area contributed by atoms with Crippen molar-refractivity contribution in [2.45, 2.75) is 25.8 Å². The predicted octanol–water partition coefficient (Wildman–Crippen LogP) is 3.38. The number of carbonyl (C=O) groups excluding carboxylic acids is 1. The van der Waals surface area contributed by atoms with Gasteiger partial charge in [0.15, 0.2) is 0 Å². The predicted molar refractivity (Wildman–Crippen MR) is 71.5 cm³/mol. The Hall–Kier alpha value is -1.38. The van der Waals surface area contributed by atoms with Gasteiger partial charge in [-0.3, -0.25) is 4.79 Å². The summed E-state index contributed by atoms with van der Waals surface area (Å²) >= 11 is 3.14. The molecule has 0 fully saturated rings. The number of carbonyl (C=O) groups is 1. The Labute approximate surface area is 108 Å². The van der Waals surface area contributed by atoms with Crippen LogP contribution in [0.2, 0.25) is 0 Å². The largest absolute Gasteiger partial charge is 0.348 e. The summed E-state index contributed by atoms with van der Waals surface area (Å²) in [6.07, 6.45) is 1.14. The second-order valence-corrected chi connectivity index (χ2v) is 5.73. The molecule has 2 rings (SSSR count). The van der Waals surface area contributed by atoms with Crippen LogP contribution in [-0.4, -0.2) is 11.9 Å². The molecule has 3 nitrogen and oxygen atoms in total. The summed E-state index contributed by atoms with van der Waals surface area (Å²) in [6, 6.07) is 5.98. The van der Waals surface area contributed by atoms with Crippen molar-refractivity contribution < 1.29 is 4.79 Å². The molecule has 1 amide bonds. The van der Waals surface area contributed by atoms with E-state index in [-0.39, 0.29) is 11.9 Å². The summed E-state index contributed by atoms with van der Waals surface area (Å²) in [4.78, 5) is 12.7. The lowest BCUT2D eigenvalue weighted by atomic mass is 10.1. The Bertz CT molecular complexity index is 536.